The number of ether oxygens (including phenoxy) is 1. The van der Waals surface area contributed by atoms with E-state index in [4.69, 9.17) is 4.74 Å². The summed E-state index contributed by atoms with van der Waals surface area (Å²) >= 11 is 0. The van der Waals surface area contributed by atoms with Crippen molar-refractivity contribution >= 4 is 6.09 Å². The molecule has 0 aliphatic carbocycles. The molecule has 2 rings (SSSR count). The molecule has 4 nitrogen and oxygen atoms in total. The Morgan fingerprint density at radius 1 is 1.36 bits per heavy atom. The van der Waals surface area contributed by atoms with E-state index in [2.05, 4.69) is 0 Å². The minimum absolute atomic E-state index is 0.199. The number of aliphatic hydroxyl groups is 1. The Morgan fingerprint density at radius 3 is 2.43 bits per heavy atom. The first-order valence-electron chi connectivity index (χ1n) is 5.26. The summed E-state index contributed by atoms with van der Waals surface area (Å²) in [4.78, 5) is 13.3. The van der Waals surface area contributed by atoms with Crippen molar-refractivity contribution in [3.63, 3.8) is 0 Å². The number of aliphatic hydroxyl groups excluding tert-OH is 1. The van der Waals surface area contributed by atoms with Gasteiger partial charge in [-0.2, -0.15) is 0 Å². The molecule has 80 valence electrons. The van der Waals surface area contributed by atoms with E-state index in [-0.39, 0.29) is 24.3 Å². The van der Waals surface area contributed by atoms with E-state index >= 15 is 0 Å². The summed E-state index contributed by atoms with van der Waals surface area (Å²) in [5, 5.41) is 9.61. The lowest BCUT2D eigenvalue weighted by molar-refractivity contribution is -0.0194. The zero-order valence-corrected chi connectivity index (χ0v) is 8.48. The van der Waals surface area contributed by atoms with Gasteiger partial charge in [0.2, 0.25) is 0 Å². The van der Waals surface area contributed by atoms with Crippen LogP contribution in [0.25, 0.3) is 0 Å². The molecule has 1 N–H and O–H groups in total. The Balaban J connectivity index is 2.12. The number of methoxy groups -OCH3 is 1. The maximum atomic E-state index is 11.5. The summed E-state index contributed by atoms with van der Waals surface area (Å²) in [5.74, 6) is 0. The van der Waals surface area contributed by atoms with Gasteiger partial charge in [0.05, 0.1) is 13.2 Å². The standard InChI is InChI=1S/C10H17NO3/c1-14-10(13)11-7-3-2-4-8(11)6-9(12)5-7/h7-9,12H,2-6H2,1H3/t7-,8+,9?. The van der Waals surface area contributed by atoms with Crippen LogP contribution in [-0.4, -0.2) is 41.4 Å². The van der Waals surface area contributed by atoms with E-state index in [1.54, 1.807) is 0 Å². The zero-order valence-electron chi connectivity index (χ0n) is 8.48. The predicted molar refractivity (Wildman–Crippen MR) is 50.9 cm³/mol. The minimum atomic E-state index is -0.230. The number of amides is 1. The molecule has 4 heteroatoms. The second kappa shape index (κ2) is 3.77. The van der Waals surface area contributed by atoms with Crippen LogP contribution in [0.4, 0.5) is 4.79 Å². The predicted octanol–water partition coefficient (Wildman–Crippen LogP) is 1.13. The van der Waals surface area contributed by atoms with E-state index in [1.807, 2.05) is 4.90 Å². The second-order valence-corrected chi connectivity index (χ2v) is 4.24. The van der Waals surface area contributed by atoms with E-state index in [0.29, 0.717) is 12.8 Å². The smallest absolute Gasteiger partial charge is 0.409 e. The highest BCUT2D eigenvalue weighted by molar-refractivity contribution is 5.68. The summed E-state index contributed by atoms with van der Waals surface area (Å²) < 4.78 is 4.77. The van der Waals surface area contributed by atoms with Crippen molar-refractivity contribution in [2.24, 2.45) is 0 Å². The van der Waals surface area contributed by atoms with Crippen molar-refractivity contribution in [2.45, 2.75) is 50.3 Å². The number of hydrogen-bond acceptors (Lipinski definition) is 3. The topological polar surface area (TPSA) is 49.8 Å². The van der Waals surface area contributed by atoms with Crippen molar-refractivity contribution in [1.29, 1.82) is 0 Å². The molecule has 0 saturated carbocycles. The Bertz CT molecular complexity index is 217. The van der Waals surface area contributed by atoms with Gasteiger partial charge in [0.25, 0.3) is 0 Å². The summed E-state index contributed by atoms with van der Waals surface area (Å²) in [6.07, 6.45) is 4.13. The maximum Gasteiger partial charge on any atom is 0.409 e. The fourth-order valence-corrected chi connectivity index (χ4v) is 2.76. The molecule has 3 atom stereocenters. The highest BCUT2D eigenvalue weighted by Crippen LogP contribution is 2.34. The van der Waals surface area contributed by atoms with Gasteiger partial charge < -0.3 is 14.7 Å². The highest BCUT2D eigenvalue weighted by atomic mass is 16.5. The average Bonchev–Trinajstić information content (AvgIpc) is 2.15. The van der Waals surface area contributed by atoms with Gasteiger partial charge in [-0.1, -0.05) is 0 Å². The van der Waals surface area contributed by atoms with Gasteiger partial charge in [0, 0.05) is 12.1 Å². The average molecular weight is 199 g/mol. The fraction of sp³-hybridized carbons (Fsp3) is 0.900. The lowest BCUT2D eigenvalue weighted by atomic mass is 9.83. The van der Waals surface area contributed by atoms with E-state index in [0.717, 1.165) is 19.3 Å². The zero-order chi connectivity index (χ0) is 10.1. The van der Waals surface area contributed by atoms with Gasteiger partial charge in [0.15, 0.2) is 0 Å². The maximum absolute atomic E-state index is 11.5. The third-order valence-corrected chi connectivity index (χ3v) is 3.34. The van der Waals surface area contributed by atoms with Gasteiger partial charge in [0.1, 0.15) is 0 Å². The van der Waals surface area contributed by atoms with Gasteiger partial charge in [-0.05, 0) is 32.1 Å². The lowest BCUT2D eigenvalue weighted by Crippen LogP contribution is -2.55. The summed E-state index contributed by atoms with van der Waals surface area (Å²) in [6, 6.07) is 0.398. The van der Waals surface area contributed by atoms with Crippen LogP contribution in [0.3, 0.4) is 0 Å². The third-order valence-electron chi connectivity index (χ3n) is 3.34. The third kappa shape index (κ3) is 1.59. The normalized spacial score (nSPS) is 36.7. The van der Waals surface area contributed by atoms with Crippen molar-refractivity contribution in [3.8, 4) is 0 Å². The Morgan fingerprint density at radius 2 is 1.93 bits per heavy atom. The molecule has 2 bridgehead atoms. The number of nitrogens with zero attached hydrogens (tertiary/aromatic N) is 1. The first-order valence-corrected chi connectivity index (χ1v) is 5.26. The van der Waals surface area contributed by atoms with Crippen molar-refractivity contribution in [1.82, 2.24) is 4.90 Å². The van der Waals surface area contributed by atoms with Crippen LogP contribution in [0, 0.1) is 0 Å². The van der Waals surface area contributed by atoms with E-state index in [1.165, 1.54) is 7.11 Å². The molecular formula is C10H17NO3. The van der Waals surface area contributed by atoms with E-state index in [9.17, 15) is 9.90 Å². The minimum Gasteiger partial charge on any atom is -0.453 e. The quantitative estimate of drug-likeness (QED) is 0.636. The van der Waals surface area contributed by atoms with Gasteiger partial charge in [-0.15, -0.1) is 0 Å². The molecule has 1 amide bonds. The molecule has 0 aromatic rings. The second-order valence-electron chi connectivity index (χ2n) is 4.24. The number of rotatable bonds is 0. The summed E-state index contributed by atoms with van der Waals surface area (Å²) in [5.41, 5.74) is 0. The Kier molecular flexibility index (Phi) is 2.63. The SMILES string of the molecule is COC(=O)N1[C@@H]2CCC[C@H]1CC(O)C2. The largest absolute Gasteiger partial charge is 0.453 e. The van der Waals surface area contributed by atoms with Crippen LogP contribution in [0.1, 0.15) is 32.1 Å². The molecule has 2 fully saturated rings. The summed E-state index contributed by atoms with van der Waals surface area (Å²) in [7, 11) is 1.42. The molecule has 1 unspecified atom stereocenters. The van der Waals surface area contributed by atoms with Crippen LogP contribution in [-0.2, 0) is 4.74 Å². The van der Waals surface area contributed by atoms with Gasteiger partial charge in [-0.25, -0.2) is 4.79 Å². The number of carbonyl (C=O) groups is 1. The number of fused-ring (bicyclic) bond motifs is 2. The van der Waals surface area contributed by atoms with Gasteiger partial charge >= 0.3 is 6.09 Å². The first kappa shape index (κ1) is 9.77. The number of piperidine rings is 2. The van der Waals surface area contributed by atoms with Gasteiger partial charge in [-0.3, -0.25) is 0 Å². The van der Waals surface area contributed by atoms with Crippen LogP contribution < -0.4 is 0 Å². The molecule has 2 aliphatic rings. The molecule has 0 aromatic heterocycles. The number of carbonyl (C=O) groups excluding carboxylic acids is 1. The highest BCUT2D eigenvalue weighted by Gasteiger charge is 2.40. The Labute approximate surface area is 83.8 Å². The van der Waals surface area contributed by atoms with Crippen LogP contribution >= 0.6 is 0 Å². The van der Waals surface area contributed by atoms with E-state index < -0.39 is 0 Å². The monoisotopic (exact) mass is 199 g/mol. The van der Waals surface area contributed by atoms with Crippen molar-refractivity contribution in [2.75, 3.05) is 7.11 Å². The molecule has 2 saturated heterocycles. The molecule has 2 heterocycles. The molecule has 0 radical (unpaired) electrons. The first-order chi connectivity index (χ1) is 6.72. The molecule has 14 heavy (non-hydrogen) atoms. The lowest BCUT2D eigenvalue weighted by Gasteiger charge is -2.46. The summed E-state index contributed by atoms with van der Waals surface area (Å²) in [6.45, 7) is 0. The Hall–Kier alpha value is -0.770. The van der Waals surface area contributed by atoms with Crippen molar-refractivity contribution < 1.29 is 14.6 Å². The van der Waals surface area contributed by atoms with Crippen LogP contribution in [0.15, 0.2) is 0 Å². The molecular weight excluding hydrogens is 182 g/mol. The molecule has 2 aliphatic heterocycles. The van der Waals surface area contributed by atoms with Crippen molar-refractivity contribution in [3.05, 3.63) is 0 Å². The van der Waals surface area contributed by atoms with Crippen LogP contribution in [0.2, 0.25) is 0 Å². The molecule has 0 aromatic carbocycles. The van der Waals surface area contributed by atoms with Crippen LogP contribution in [0.5, 0.6) is 0 Å². The fourth-order valence-electron chi connectivity index (χ4n) is 2.76. The molecule has 0 spiro atoms. The number of hydrogen-bond donors (Lipinski definition) is 1.